The molecule has 0 atom stereocenters. The van der Waals surface area contributed by atoms with Crippen LogP contribution in [0.25, 0.3) is 0 Å². The van der Waals surface area contributed by atoms with Crippen molar-refractivity contribution in [1.29, 1.82) is 5.26 Å². The van der Waals surface area contributed by atoms with Crippen LogP contribution in [0.4, 0.5) is 0 Å². The van der Waals surface area contributed by atoms with E-state index in [1.54, 1.807) is 5.51 Å². The number of thiazole rings is 1. The zero-order chi connectivity index (χ0) is 12.3. The molecule has 1 amide bonds. The largest absolute Gasteiger partial charge is 0.333 e. The highest BCUT2D eigenvalue weighted by molar-refractivity contribution is 7.11. The third-order valence-corrected chi connectivity index (χ3v) is 4.15. The summed E-state index contributed by atoms with van der Waals surface area (Å²) in [5, 5.41) is 12.2. The van der Waals surface area contributed by atoms with Crippen LogP contribution < -0.4 is 5.32 Å². The number of aryl methyl sites for hydroxylation is 1. The molecule has 1 aromatic heterocycles. The fraction of sp³-hybridized carbons (Fsp3) is 0.583. The molecule has 17 heavy (non-hydrogen) atoms. The third-order valence-electron chi connectivity index (χ3n) is 3.23. The second kappa shape index (κ2) is 4.84. The Morgan fingerprint density at radius 1 is 1.53 bits per heavy atom. The van der Waals surface area contributed by atoms with Crippen molar-refractivity contribution >= 4 is 17.2 Å². The molecule has 1 aliphatic rings. The summed E-state index contributed by atoms with van der Waals surface area (Å²) in [6, 6.07) is 2.28. The van der Waals surface area contributed by atoms with Crippen molar-refractivity contribution in [2.45, 2.75) is 44.6 Å². The van der Waals surface area contributed by atoms with Gasteiger partial charge in [-0.05, 0) is 19.8 Å². The Bertz CT molecular complexity index is 455. The van der Waals surface area contributed by atoms with E-state index in [0.717, 1.165) is 37.8 Å². The lowest BCUT2D eigenvalue weighted by molar-refractivity contribution is 0.0906. The van der Waals surface area contributed by atoms with Crippen LogP contribution in [0, 0.1) is 18.3 Å². The molecule has 1 saturated carbocycles. The van der Waals surface area contributed by atoms with Gasteiger partial charge in [0.05, 0.1) is 17.3 Å². The first-order valence-electron chi connectivity index (χ1n) is 5.81. The van der Waals surface area contributed by atoms with Gasteiger partial charge >= 0.3 is 0 Å². The highest BCUT2D eigenvalue weighted by Gasteiger charge is 2.34. The fourth-order valence-corrected chi connectivity index (χ4v) is 2.91. The van der Waals surface area contributed by atoms with Crippen molar-refractivity contribution in [3.63, 3.8) is 0 Å². The summed E-state index contributed by atoms with van der Waals surface area (Å²) in [6.45, 7) is 1.81. The molecule has 0 saturated heterocycles. The lowest BCUT2D eigenvalue weighted by Crippen LogP contribution is -2.48. The molecular weight excluding hydrogens is 234 g/mol. The van der Waals surface area contributed by atoms with Gasteiger partial charge in [0.2, 0.25) is 0 Å². The standard InChI is InChI=1S/C12H15N3OS/c1-9-10(17-8-14-9)11(16)15-12(7-13)5-3-2-4-6-12/h8H,2-6H2,1H3,(H,15,16). The van der Waals surface area contributed by atoms with E-state index in [1.165, 1.54) is 11.3 Å². The van der Waals surface area contributed by atoms with Gasteiger partial charge in [0.1, 0.15) is 10.4 Å². The van der Waals surface area contributed by atoms with Crippen LogP contribution in [0.3, 0.4) is 0 Å². The monoisotopic (exact) mass is 249 g/mol. The highest BCUT2D eigenvalue weighted by atomic mass is 32.1. The third kappa shape index (κ3) is 2.47. The predicted molar refractivity (Wildman–Crippen MR) is 65.7 cm³/mol. The SMILES string of the molecule is Cc1ncsc1C(=O)NC1(C#N)CCCCC1. The van der Waals surface area contributed by atoms with Gasteiger partial charge in [0, 0.05) is 0 Å². The summed E-state index contributed by atoms with van der Waals surface area (Å²) < 4.78 is 0. The van der Waals surface area contributed by atoms with Gasteiger partial charge in [0.25, 0.3) is 5.91 Å². The number of carbonyl (C=O) groups excluding carboxylic acids is 1. The first kappa shape index (κ1) is 12.1. The van der Waals surface area contributed by atoms with E-state index in [4.69, 9.17) is 0 Å². The molecule has 0 unspecified atom stereocenters. The Morgan fingerprint density at radius 3 is 2.76 bits per heavy atom. The Kier molecular flexibility index (Phi) is 3.43. The topological polar surface area (TPSA) is 65.8 Å². The van der Waals surface area contributed by atoms with Crippen molar-refractivity contribution in [3.8, 4) is 6.07 Å². The molecule has 2 rings (SSSR count). The molecule has 1 fully saturated rings. The second-order valence-electron chi connectivity index (χ2n) is 4.48. The van der Waals surface area contributed by atoms with E-state index in [2.05, 4.69) is 16.4 Å². The van der Waals surface area contributed by atoms with Crippen molar-refractivity contribution < 1.29 is 4.79 Å². The summed E-state index contributed by atoms with van der Waals surface area (Å²) in [4.78, 5) is 16.7. The number of amides is 1. The van der Waals surface area contributed by atoms with Crippen LogP contribution in [-0.2, 0) is 0 Å². The number of rotatable bonds is 2. The van der Waals surface area contributed by atoms with Crippen LogP contribution in [0.2, 0.25) is 0 Å². The maximum atomic E-state index is 12.1. The van der Waals surface area contributed by atoms with Gasteiger partial charge < -0.3 is 5.32 Å². The van der Waals surface area contributed by atoms with E-state index in [0.29, 0.717) is 4.88 Å². The average Bonchev–Trinajstić information content (AvgIpc) is 2.77. The number of nitrogens with zero attached hydrogens (tertiary/aromatic N) is 2. The zero-order valence-corrected chi connectivity index (χ0v) is 10.6. The zero-order valence-electron chi connectivity index (χ0n) is 9.82. The normalized spacial score (nSPS) is 18.4. The first-order chi connectivity index (χ1) is 8.17. The molecule has 0 spiro atoms. The van der Waals surface area contributed by atoms with Crippen LogP contribution in [0.1, 0.15) is 47.5 Å². The molecule has 0 radical (unpaired) electrons. The maximum Gasteiger partial charge on any atom is 0.264 e. The summed E-state index contributed by atoms with van der Waals surface area (Å²) in [6.07, 6.45) is 4.68. The van der Waals surface area contributed by atoms with Crippen molar-refractivity contribution in [1.82, 2.24) is 10.3 Å². The van der Waals surface area contributed by atoms with E-state index in [1.807, 2.05) is 6.92 Å². The van der Waals surface area contributed by atoms with Crippen molar-refractivity contribution in [2.24, 2.45) is 0 Å². The predicted octanol–water partition coefficient (Wildman–Crippen LogP) is 2.41. The molecule has 5 heteroatoms. The van der Waals surface area contributed by atoms with Gasteiger partial charge in [-0.1, -0.05) is 19.3 Å². The molecular formula is C12H15N3OS. The lowest BCUT2D eigenvalue weighted by atomic mass is 9.83. The van der Waals surface area contributed by atoms with Crippen molar-refractivity contribution in [2.75, 3.05) is 0 Å². The minimum atomic E-state index is -0.661. The number of hydrogen-bond donors (Lipinski definition) is 1. The van der Waals surface area contributed by atoms with E-state index >= 15 is 0 Å². The quantitative estimate of drug-likeness (QED) is 0.875. The fourth-order valence-electron chi connectivity index (χ4n) is 2.21. The Morgan fingerprint density at radius 2 is 2.24 bits per heavy atom. The Labute approximate surface area is 105 Å². The second-order valence-corrected chi connectivity index (χ2v) is 5.33. The molecule has 1 N–H and O–H groups in total. The van der Waals surface area contributed by atoms with E-state index < -0.39 is 5.54 Å². The molecule has 0 bridgehead atoms. The van der Waals surface area contributed by atoms with Gasteiger partial charge in [-0.2, -0.15) is 5.26 Å². The number of carbonyl (C=O) groups is 1. The van der Waals surface area contributed by atoms with Crippen molar-refractivity contribution in [3.05, 3.63) is 16.1 Å². The van der Waals surface area contributed by atoms with Gasteiger partial charge in [0.15, 0.2) is 0 Å². The molecule has 1 aliphatic carbocycles. The van der Waals surface area contributed by atoms with Gasteiger partial charge in [-0.3, -0.25) is 4.79 Å². The summed E-state index contributed by atoms with van der Waals surface area (Å²) in [5.74, 6) is -0.159. The van der Waals surface area contributed by atoms with Crippen LogP contribution in [0.5, 0.6) is 0 Å². The highest BCUT2D eigenvalue weighted by Crippen LogP contribution is 2.28. The molecule has 4 nitrogen and oxygen atoms in total. The minimum Gasteiger partial charge on any atom is -0.333 e. The smallest absolute Gasteiger partial charge is 0.264 e. The number of hydrogen-bond acceptors (Lipinski definition) is 4. The van der Waals surface area contributed by atoms with Crippen LogP contribution >= 0.6 is 11.3 Å². The molecule has 0 aromatic carbocycles. The first-order valence-corrected chi connectivity index (χ1v) is 6.69. The van der Waals surface area contributed by atoms with Gasteiger partial charge in [-0.25, -0.2) is 4.98 Å². The summed E-state index contributed by atoms with van der Waals surface area (Å²) in [7, 11) is 0. The molecule has 90 valence electrons. The number of nitriles is 1. The molecule has 0 aliphatic heterocycles. The number of aromatic nitrogens is 1. The minimum absolute atomic E-state index is 0.159. The Balaban J connectivity index is 2.12. The summed E-state index contributed by atoms with van der Waals surface area (Å²) >= 11 is 1.32. The lowest BCUT2D eigenvalue weighted by Gasteiger charge is -2.31. The van der Waals surface area contributed by atoms with Gasteiger partial charge in [-0.15, -0.1) is 11.3 Å². The molecule has 1 heterocycles. The van der Waals surface area contributed by atoms with Crippen LogP contribution in [-0.4, -0.2) is 16.4 Å². The maximum absolute atomic E-state index is 12.1. The Hall–Kier alpha value is -1.41. The van der Waals surface area contributed by atoms with E-state index in [-0.39, 0.29) is 5.91 Å². The van der Waals surface area contributed by atoms with E-state index in [9.17, 15) is 10.1 Å². The average molecular weight is 249 g/mol. The number of nitrogens with one attached hydrogen (secondary N) is 1. The summed E-state index contributed by atoms with van der Waals surface area (Å²) in [5.41, 5.74) is 1.73. The molecule has 1 aromatic rings. The van der Waals surface area contributed by atoms with Crippen LogP contribution in [0.15, 0.2) is 5.51 Å².